The largest absolute Gasteiger partial charge is 0.303 e. The maximum Gasteiger partial charge on any atom is 0.191 e. The van der Waals surface area contributed by atoms with Gasteiger partial charge in [0, 0.05) is 18.2 Å². The van der Waals surface area contributed by atoms with Crippen LogP contribution in [0.1, 0.15) is 168 Å². The Kier molecular flexibility index (Phi) is 20.3. The number of nitrogens with zero attached hydrogens (tertiary/aromatic N) is 3. The molecule has 0 radical (unpaired) electrons. The predicted octanol–water partition coefficient (Wildman–Crippen LogP) is 10.3. The number of hydrogen-bond donors (Lipinski definition) is 0. The Morgan fingerprint density at radius 1 is 0.606 bits per heavy atom. The molecule has 1 rings (SSSR count). The molecule has 0 aliphatic rings. The van der Waals surface area contributed by atoms with Crippen molar-refractivity contribution in [1.82, 2.24) is 14.8 Å². The highest BCUT2D eigenvalue weighted by Gasteiger charge is 2.16. The van der Waals surface area contributed by atoms with Gasteiger partial charge in [0.25, 0.3) is 0 Å². The van der Waals surface area contributed by atoms with Crippen molar-refractivity contribution in [3.63, 3.8) is 0 Å². The molecule has 0 saturated carbocycles. The molecule has 194 valence electrons. The Balaban J connectivity index is 2.17. The Hall–Kier alpha value is -0.510. The summed E-state index contributed by atoms with van der Waals surface area (Å²) in [6, 6.07) is 0.504. The summed E-state index contributed by atoms with van der Waals surface area (Å²) in [5.74, 6) is 2.40. The molecule has 3 nitrogen and oxygen atoms in total. The lowest BCUT2D eigenvalue weighted by atomic mass is 10.0. The predicted molar refractivity (Wildman–Crippen MR) is 149 cm³/mol. The Labute approximate surface area is 211 Å². The molecule has 0 amide bonds. The van der Waals surface area contributed by atoms with E-state index in [1.165, 1.54) is 134 Å². The molecule has 1 atom stereocenters. The highest BCUT2D eigenvalue weighted by Crippen LogP contribution is 2.25. The second kappa shape index (κ2) is 22.0. The van der Waals surface area contributed by atoms with Crippen molar-refractivity contribution >= 4 is 11.8 Å². The first-order valence-corrected chi connectivity index (χ1v) is 15.8. The number of hydrogen-bond acceptors (Lipinski definition) is 3. The van der Waals surface area contributed by atoms with E-state index in [1.807, 2.05) is 11.8 Å². The summed E-state index contributed by atoms with van der Waals surface area (Å²) in [6.45, 7) is 9.19. The lowest BCUT2D eigenvalue weighted by Gasteiger charge is -2.16. The third-order valence-corrected chi connectivity index (χ3v) is 8.03. The maximum absolute atomic E-state index is 4.61. The fourth-order valence-electron chi connectivity index (χ4n) is 4.55. The summed E-state index contributed by atoms with van der Waals surface area (Å²) in [5.41, 5.74) is 0. The standard InChI is InChI=1S/C29H57N3S/c1-5-8-10-12-14-15-16-17-18-19-20-21-23-25-28-30-31-29(32(28)27(4)7-3)33-26-24-22-13-11-9-6-2/h27H,5-26H2,1-4H3. The van der Waals surface area contributed by atoms with Crippen LogP contribution in [0.25, 0.3) is 0 Å². The van der Waals surface area contributed by atoms with E-state index in [-0.39, 0.29) is 0 Å². The molecule has 1 aromatic heterocycles. The van der Waals surface area contributed by atoms with Gasteiger partial charge in [0.2, 0.25) is 0 Å². The molecule has 0 spiro atoms. The fraction of sp³-hybridized carbons (Fsp3) is 0.931. The van der Waals surface area contributed by atoms with Crippen LogP contribution in [0.3, 0.4) is 0 Å². The normalized spacial score (nSPS) is 12.5. The van der Waals surface area contributed by atoms with E-state index < -0.39 is 0 Å². The van der Waals surface area contributed by atoms with E-state index in [9.17, 15) is 0 Å². The molecule has 0 fully saturated rings. The van der Waals surface area contributed by atoms with Gasteiger partial charge in [-0.3, -0.25) is 0 Å². The first-order chi connectivity index (χ1) is 16.2. The summed E-state index contributed by atoms with van der Waals surface area (Å²) in [4.78, 5) is 0. The topological polar surface area (TPSA) is 30.7 Å². The van der Waals surface area contributed by atoms with Crippen LogP contribution in [-0.2, 0) is 6.42 Å². The van der Waals surface area contributed by atoms with Gasteiger partial charge in [-0.15, -0.1) is 10.2 Å². The van der Waals surface area contributed by atoms with E-state index in [4.69, 9.17) is 0 Å². The second-order valence-corrected chi connectivity index (χ2v) is 11.2. The fourth-order valence-corrected chi connectivity index (χ4v) is 5.60. The monoisotopic (exact) mass is 479 g/mol. The zero-order chi connectivity index (χ0) is 24.0. The van der Waals surface area contributed by atoms with Gasteiger partial charge in [-0.25, -0.2) is 0 Å². The molecule has 4 heteroatoms. The van der Waals surface area contributed by atoms with Crippen molar-refractivity contribution in [3.8, 4) is 0 Å². The molecule has 33 heavy (non-hydrogen) atoms. The van der Waals surface area contributed by atoms with Gasteiger partial charge >= 0.3 is 0 Å². The molecule has 0 saturated heterocycles. The summed E-state index contributed by atoms with van der Waals surface area (Å²) in [5, 5.41) is 10.4. The molecular formula is C29H57N3S. The third-order valence-electron chi connectivity index (χ3n) is 7.00. The summed E-state index contributed by atoms with van der Waals surface area (Å²) in [6.07, 6.45) is 28.7. The van der Waals surface area contributed by atoms with E-state index in [1.54, 1.807) is 0 Å². The van der Waals surface area contributed by atoms with Crippen molar-refractivity contribution in [2.75, 3.05) is 5.75 Å². The van der Waals surface area contributed by atoms with Gasteiger partial charge < -0.3 is 4.57 Å². The number of aryl methyl sites for hydroxylation is 1. The van der Waals surface area contributed by atoms with Crippen LogP contribution in [0.15, 0.2) is 5.16 Å². The number of rotatable bonds is 24. The summed E-state index contributed by atoms with van der Waals surface area (Å²) >= 11 is 1.93. The third kappa shape index (κ3) is 15.2. The average Bonchev–Trinajstić information content (AvgIpc) is 3.23. The van der Waals surface area contributed by atoms with Gasteiger partial charge in [-0.2, -0.15) is 0 Å². The smallest absolute Gasteiger partial charge is 0.191 e. The van der Waals surface area contributed by atoms with Gasteiger partial charge in [0.15, 0.2) is 5.16 Å². The van der Waals surface area contributed by atoms with Crippen molar-refractivity contribution in [2.45, 2.75) is 174 Å². The minimum Gasteiger partial charge on any atom is -0.303 e. The molecule has 0 bridgehead atoms. The summed E-state index contributed by atoms with van der Waals surface area (Å²) in [7, 11) is 0. The first-order valence-electron chi connectivity index (χ1n) is 14.8. The summed E-state index contributed by atoms with van der Waals surface area (Å²) < 4.78 is 2.45. The first kappa shape index (κ1) is 30.5. The van der Waals surface area contributed by atoms with Crippen LogP contribution in [0, 0.1) is 0 Å². The number of unbranched alkanes of at least 4 members (excludes halogenated alkanes) is 17. The zero-order valence-electron chi connectivity index (χ0n) is 22.9. The van der Waals surface area contributed by atoms with Crippen molar-refractivity contribution < 1.29 is 0 Å². The van der Waals surface area contributed by atoms with Gasteiger partial charge in [-0.1, -0.05) is 142 Å². The Morgan fingerprint density at radius 3 is 1.55 bits per heavy atom. The quantitative estimate of drug-likeness (QED) is 0.109. The van der Waals surface area contributed by atoms with Crippen LogP contribution < -0.4 is 0 Å². The van der Waals surface area contributed by atoms with Gasteiger partial charge in [-0.05, 0) is 26.2 Å². The zero-order valence-corrected chi connectivity index (χ0v) is 23.7. The lowest BCUT2D eigenvalue weighted by molar-refractivity contribution is 0.467. The maximum atomic E-state index is 4.61. The SMILES string of the molecule is CCCCCCCCCCCCCCCc1nnc(SCCCCCCCC)n1C(C)CC. The molecule has 1 unspecified atom stereocenters. The van der Waals surface area contributed by atoms with Crippen LogP contribution >= 0.6 is 11.8 Å². The van der Waals surface area contributed by atoms with E-state index in [0.717, 1.165) is 18.0 Å². The Morgan fingerprint density at radius 2 is 1.06 bits per heavy atom. The van der Waals surface area contributed by atoms with Crippen LogP contribution in [0.5, 0.6) is 0 Å². The molecule has 0 aliphatic heterocycles. The van der Waals surface area contributed by atoms with E-state index >= 15 is 0 Å². The van der Waals surface area contributed by atoms with E-state index in [0.29, 0.717) is 6.04 Å². The minimum atomic E-state index is 0.504. The molecule has 1 aromatic rings. The minimum absolute atomic E-state index is 0.504. The highest BCUT2D eigenvalue weighted by molar-refractivity contribution is 7.99. The van der Waals surface area contributed by atoms with Gasteiger partial charge in [0.05, 0.1) is 0 Å². The molecule has 0 aliphatic carbocycles. The van der Waals surface area contributed by atoms with Crippen molar-refractivity contribution in [3.05, 3.63) is 5.82 Å². The Bertz CT molecular complexity index is 543. The molecular weight excluding hydrogens is 422 g/mol. The van der Waals surface area contributed by atoms with E-state index in [2.05, 4.69) is 42.5 Å². The van der Waals surface area contributed by atoms with Crippen molar-refractivity contribution in [2.24, 2.45) is 0 Å². The molecule has 0 aromatic carbocycles. The lowest BCUT2D eigenvalue weighted by Crippen LogP contribution is -2.10. The van der Waals surface area contributed by atoms with Crippen molar-refractivity contribution in [1.29, 1.82) is 0 Å². The van der Waals surface area contributed by atoms with Crippen LogP contribution in [0.2, 0.25) is 0 Å². The number of aromatic nitrogens is 3. The highest BCUT2D eigenvalue weighted by atomic mass is 32.2. The van der Waals surface area contributed by atoms with Crippen LogP contribution in [-0.4, -0.2) is 20.5 Å². The average molecular weight is 480 g/mol. The number of thioether (sulfide) groups is 1. The van der Waals surface area contributed by atoms with Gasteiger partial charge in [0.1, 0.15) is 5.82 Å². The van der Waals surface area contributed by atoms with Crippen LogP contribution in [0.4, 0.5) is 0 Å². The molecule has 1 heterocycles. The second-order valence-electron chi connectivity index (χ2n) is 10.1. The molecule has 0 N–H and O–H groups in total.